The Morgan fingerprint density at radius 3 is 2.86 bits per heavy atom. The maximum absolute atomic E-state index is 12.6. The van der Waals surface area contributed by atoms with Gasteiger partial charge in [-0.05, 0) is 37.8 Å². The first-order chi connectivity index (χ1) is 13.9. The highest BCUT2D eigenvalue weighted by Crippen LogP contribution is 2.20. The zero-order valence-corrected chi connectivity index (χ0v) is 17.4. The van der Waals surface area contributed by atoms with Crippen molar-refractivity contribution in [3.05, 3.63) is 35.6 Å². The van der Waals surface area contributed by atoms with Crippen LogP contribution in [0, 0.1) is 12.8 Å². The fraction of sp³-hybridized carbons (Fsp3) is 0.571. The number of hydrogen-bond donors (Lipinski definition) is 1. The molecule has 29 heavy (non-hydrogen) atoms. The lowest BCUT2D eigenvalue weighted by Crippen LogP contribution is -2.43. The molecule has 3 heterocycles. The molecular formula is C21H29N5O3. The van der Waals surface area contributed by atoms with Crippen molar-refractivity contribution in [1.82, 2.24) is 20.0 Å². The van der Waals surface area contributed by atoms with Crippen LogP contribution in [0.15, 0.2) is 22.9 Å². The molecule has 1 saturated heterocycles. The minimum absolute atomic E-state index is 0.0690. The standard InChI is InChI=1S/C21H29N5O3/c1-14(2)20-24-18(29-25-20)7-4-8-19(27)26-11-5-6-16(13-26)21(28)23-17-10-9-15(3)12-22-17/h9-10,12,14,16H,4-8,11,13H2,1-3H3,(H,22,23,28). The predicted octanol–water partition coefficient (Wildman–Crippen LogP) is 3.10. The van der Waals surface area contributed by atoms with Gasteiger partial charge in [0.1, 0.15) is 5.82 Å². The summed E-state index contributed by atoms with van der Waals surface area (Å²) in [6.07, 6.45) is 4.97. The van der Waals surface area contributed by atoms with E-state index < -0.39 is 0 Å². The van der Waals surface area contributed by atoms with Gasteiger partial charge in [0.2, 0.25) is 17.7 Å². The number of aryl methyl sites for hydroxylation is 2. The summed E-state index contributed by atoms with van der Waals surface area (Å²) in [5, 5.41) is 6.80. The number of amides is 2. The minimum atomic E-state index is -0.208. The van der Waals surface area contributed by atoms with Gasteiger partial charge in [0.25, 0.3) is 0 Å². The van der Waals surface area contributed by atoms with Gasteiger partial charge in [0, 0.05) is 38.0 Å². The molecule has 1 atom stereocenters. The summed E-state index contributed by atoms with van der Waals surface area (Å²) in [6.45, 7) is 7.12. The predicted molar refractivity (Wildman–Crippen MR) is 108 cm³/mol. The van der Waals surface area contributed by atoms with Crippen LogP contribution in [0.2, 0.25) is 0 Å². The highest BCUT2D eigenvalue weighted by molar-refractivity contribution is 5.92. The Balaban J connectivity index is 1.45. The van der Waals surface area contributed by atoms with Crippen LogP contribution >= 0.6 is 0 Å². The molecule has 2 aromatic rings. The molecule has 1 aliphatic rings. The van der Waals surface area contributed by atoms with E-state index in [1.165, 1.54) is 0 Å². The molecule has 1 aliphatic heterocycles. The Bertz CT molecular complexity index is 831. The molecule has 8 nitrogen and oxygen atoms in total. The molecular weight excluding hydrogens is 370 g/mol. The van der Waals surface area contributed by atoms with E-state index >= 15 is 0 Å². The van der Waals surface area contributed by atoms with Crippen molar-refractivity contribution in [3.8, 4) is 0 Å². The first-order valence-corrected chi connectivity index (χ1v) is 10.3. The van der Waals surface area contributed by atoms with Crippen molar-refractivity contribution in [2.75, 3.05) is 18.4 Å². The molecule has 0 radical (unpaired) electrons. The van der Waals surface area contributed by atoms with Gasteiger partial charge in [0.05, 0.1) is 5.92 Å². The van der Waals surface area contributed by atoms with Crippen molar-refractivity contribution in [3.63, 3.8) is 0 Å². The molecule has 0 aromatic carbocycles. The molecule has 3 rings (SSSR count). The smallest absolute Gasteiger partial charge is 0.230 e. The largest absolute Gasteiger partial charge is 0.342 e. The third-order valence-corrected chi connectivity index (χ3v) is 5.09. The molecule has 1 fully saturated rings. The Hall–Kier alpha value is -2.77. The topological polar surface area (TPSA) is 101 Å². The van der Waals surface area contributed by atoms with Crippen molar-refractivity contribution in [2.45, 2.75) is 58.8 Å². The van der Waals surface area contributed by atoms with Gasteiger partial charge < -0.3 is 14.7 Å². The lowest BCUT2D eigenvalue weighted by atomic mass is 9.96. The number of likely N-dealkylation sites (tertiary alicyclic amines) is 1. The average molecular weight is 399 g/mol. The third kappa shape index (κ3) is 5.85. The SMILES string of the molecule is Cc1ccc(NC(=O)C2CCCN(C(=O)CCCc3nc(C(C)C)no3)C2)nc1. The molecule has 0 spiro atoms. The molecule has 0 saturated carbocycles. The number of anilines is 1. The van der Waals surface area contributed by atoms with Gasteiger partial charge in [-0.15, -0.1) is 0 Å². The number of carbonyl (C=O) groups is 2. The second-order valence-electron chi connectivity index (χ2n) is 7.94. The summed E-state index contributed by atoms with van der Waals surface area (Å²) in [5.74, 6) is 1.82. The Labute approximate surface area is 171 Å². The number of hydrogen-bond acceptors (Lipinski definition) is 6. The number of piperidine rings is 1. The van der Waals surface area contributed by atoms with Crippen LogP contribution in [0.3, 0.4) is 0 Å². The number of rotatable bonds is 7. The van der Waals surface area contributed by atoms with Gasteiger partial charge in [-0.1, -0.05) is 25.1 Å². The summed E-state index contributed by atoms with van der Waals surface area (Å²) in [7, 11) is 0. The zero-order chi connectivity index (χ0) is 20.8. The Kier molecular flexibility index (Phi) is 6.95. The molecule has 0 aliphatic carbocycles. The molecule has 1 N–H and O–H groups in total. The van der Waals surface area contributed by atoms with Crippen molar-refractivity contribution >= 4 is 17.6 Å². The normalized spacial score (nSPS) is 16.8. The first-order valence-electron chi connectivity index (χ1n) is 10.3. The van der Waals surface area contributed by atoms with Crippen LogP contribution in [0.5, 0.6) is 0 Å². The molecule has 2 aromatic heterocycles. The van der Waals surface area contributed by atoms with E-state index in [1.54, 1.807) is 17.2 Å². The van der Waals surface area contributed by atoms with E-state index in [9.17, 15) is 9.59 Å². The van der Waals surface area contributed by atoms with Crippen LogP contribution in [0.4, 0.5) is 5.82 Å². The van der Waals surface area contributed by atoms with Gasteiger partial charge in [-0.2, -0.15) is 4.98 Å². The number of aromatic nitrogens is 3. The highest BCUT2D eigenvalue weighted by Gasteiger charge is 2.28. The maximum atomic E-state index is 12.6. The highest BCUT2D eigenvalue weighted by atomic mass is 16.5. The van der Waals surface area contributed by atoms with Gasteiger partial charge >= 0.3 is 0 Å². The number of nitrogens with zero attached hydrogens (tertiary/aromatic N) is 4. The fourth-order valence-corrected chi connectivity index (χ4v) is 3.34. The van der Waals surface area contributed by atoms with E-state index in [0.717, 1.165) is 18.4 Å². The molecule has 8 heteroatoms. The molecule has 1 unspecified atom stereocenters. The van der Waals surface area contributed by atoms with Crippen LogP contribution in [0.1, 0.15) is 62.7 Å². The quantitative estimate of drug-likeness (QED) is 0.768. The van der Waals surface area contributed by atoms with Crippen LogP contribution in [-0.2, 0) is 16.0 Å². The third-order valence-electron chi connectivity index (χ3n) is 5.09. The summed E-state index contributed by atoms with van der Waals surface area (Å²) >= 11 is 0. The van der Waals surface area contributed by atoms with E-state index in [4.69, 9.17) is 4.52 Å². The first kappa shape index (κ1) is 21.0. The molecule has 0 bridgehead atoms. The average Bonchev–Trinajstić information content (AvgIpc) is 3.19. The monoisotopic (exact) mass is 399 g/mol. The van der Waals surface area contributed by atoms with E-state index in [0.29, 0.717) is 49.9 Å². The number of nitrogens with one attached hydrogen (secondary N) is 1. The van der Waals surface area contributed by atoms with Crippen molar-refractivity contribution in [2.24, 2.45) is 5.92 Å². The minimum Gasteiger partial charge on any atom is -0.342 e. The molecule has 2 amide bonds. The summed E-state index contributed by atoms with van der Waals surface area (Å²) in [6, 6.07) is 3.70. The van der Waals surface area contributed by atoms with Gasteiger partial charge in [-0.3, -0.25) is 9.59 Å². The zero-order valence-electron chi connectivity index (χ0n) is 17.4. The van der Waals surface area contributed by atoms with Crippen molar-refractivity contribution < 1.29 is 14.1 Å². The van der Waals surface area contributed by atoms with Gasteiger partial charge in [-0.25, -0.2) is 4.98 Å². The van der Waals surface area contributed by atoms with Crippen LogP contribution < -0.4 is 5.32 Å². The van der Waals surface area contributed by atoms with Crippen molar-refractivity contribution in [1.29, 1.82) is 0 Å². The number of pyridine rings is 1. The van der Waals surface area contributed by atoms with E-state index in [2.05, 4.69) is 20.4 Å². The summed E-state index contributed by atoms with van der Waals surface area (Å²) < 4.78 is 5.22. The molecule has 156 valence electrons. The van der Waals surface area contributed by atoms with Crippen LogP contribution in [0.25, 0.3) is 0 Å². The fourth-order valence-electron chi connectivity index (χ4n) is 3.34. The lowest BCUT2D eigenvalue weighted by molar-refractivity contribution is -0.134. The lowest BCUT2D eigenvalue weighted by Gasteiger charge is -2.32. The van der Waals surface area contributed by atoms with Crippen LogP contribution in [-0.4, -0.2) is 44.9 Å². The summed E-state index contributed by atoms with van der Waals surface area (Å²) in [5.41, 5.74) is 1.04. The maximum Gasteiger partial charge on any atom is 0.230 e. The van der Waals surface area contributed by atoms with E-state index in [-0.39, 0.29) is 23.7 Å². The second-order valence-corrected chi connectivity index (χ2v) is 7.94. The van der Waals surface area contributed by atoms with Gasteiger partial charge in [0.15, 0.2) is 5.82 Å². The number of carbonyl (C=O) groups excluding carboxylic acids is 2. The van der Waals surface area contributed by atoms with E-state index in [1.807, 2.05) is 26.8 Å². The Morgan fingerprint density at radius 1 is 1.34 bits per heavy atom. The second kappa shape index (κ2) is 9.62. The Morgan fingerprint density at radius 2 is 2.17 bits per heavy atom. The summed E-state index contributed by atoms with van der Waals surface area (Å²) in [4.78, 5) is 35.5.